The molecule has 1 fully saturated rings. The van der Waals surface area contributed by atoms with Gasteiger partial charge in [0.1, 0.15) is 0 Å². The number of halogens is 3. The first-order valence-electron chi connectivity index (χ1n) is 11.2. The fourth-order valence-corrected chi connectivity index (χ4v) is 4.19. The Kier molecular flexibility index (Phi) is 8.23. The van der Waals surface area contributed by atoms with Crippen LogP contribution in [0.25, 0.3) is 0 Å². The van der Waals surface area contributed by atoms with Crippen LogP contribution in [0.3, 0.4) is 0 Å². The minimum Gasteiger partial charge on any atom is -0.364 e. The SMILES string of the molecule is CCNC(=NCc1ccc(N2CC=CC2)cc1)N1CCC(CN(CC)CC(F)(F)F)C1. The van der Waals surface area contributed by atoms with Gasteiger partial charge < -0.3 is 15.1 Å². The van der Waals surface area contributed by atoms with E-state index in [0.29, 0.717) is 19.6 Å². The highest BCUT2D eigenvalue weighted by molar-refractivity contribution is 5.80. The zero-order valence-electron chi connectivity index (χ0n) is 18.5. The number of hydrogen-bond acceptors (Lipinski definition) is 3. The van der Waals surface area contributed by atoms with Gasteiger partial charge in [0, 0.05) is 45.0 Å². The molecule has 0 aromatic heterocycles. The van der Waals surface area contributed by atoms with Gasteiger partial charge in [-0.25, -0.2) is 4.99 Å². The third-order valence-corrected chi connectivity index (χ3v) is 5.82. The molecule has 0 radical (unpaired) electrons. The molecule has 3 rings (SSSR count). The molecule has 5 nitrogen and oxygen atoms in total. The van der Waals surface area contributed by atoms with E-state index < -0.39 is 12.7 Å². The lowest BCUT2D eigenvalue weighted by molar-refractivity contribution is -0.146. The summed E-state index contributed by atoms with van der Waals surface area (Å²) in [7, 11) is 0. The quantitative estimate of drug-likeness (QED) is 0.382. The summed E-state index contributed by atoms with van der Waals surface area (Å²) in [6, 6.07) is 8.50. The van der Waals surface area contributed by atoms with E-state index in [1.54, 1.807) is 6.92 Å². The van der Waals surface area contributed by atoms with Crippen molar-refractivity contribution in [3.05, 3.63) is 42.0 Å². The molecule has 1 aromatic carbocycles. The summed E-state index contributed by atoms with van der Waals surface area (Å²) in [5, 5.41) is 3.34. The van der Waals surface area contributed by atoms with Crippen LogP contribution in [0.1, 0.15) is 25.8 Å². The monoisotopic (exact) mass is 437 g/mol. The van der Waals surface area contributed by atoms with Gasteiger partial charge in [0.15, 0.2) is 5.96 Å². The van der Waals surface area contributed by atoms with Crippen LogP contribution in [0.4, 0.5) is 18.9 Å². The molecule has 172 valence electrons. The number of guanidine groups is 1. The Morgan fingerprint density at radius 2 is 1.87 bits per heavy atom. The smallest absolute Gasteiger partial charge is 0.364 e. The molecule has 0 amide bonds. The van der Waals surface area contributed by atoms with Crippen LogP contribution in [-0.2, 0) is 6.54 Å². The van der Waals surface area contributed by atoms with Crippen LogP contribution in [0.15, 0.2) is 41.4 Å². The second-order valence-corrected chi connectivity index (χ2v) is 8.26. The van der Waals surface area contributed by atoms with Crippen LogP contribution in [0.2, 0.25) is 0 Å². The first kappa shape index (κ1) is 23.4. The summed E-state index contributed by atoms with van der Waals surface area (Å²) in [5.74, 6) is 1.07. The van der Waals surface area contributed by atoms with Gasteiger partial charge in [-0.15, -0.1) is 0 Å². The summed E-state index contributed by atoms with van der Waals surface area (Å²) in [6.45, 7) is 8.67. The third kappa shape index (κ3) is 7.16. The van der Waals surface area contributed by atoms with Crippen molar-refractivity contribution in [2.45, 2.75) is 33.0 Å². The highest BCUT2D eigenvalue weighted by Gasteiger charge is 2.33. The number of aliphatic imine (C=N–C) groups is 1. The van der Waals surface area contributed by atoms with Gasteiger partial charge in [-0.2, -0.15) is 13.2 Å². The maximum Gasteiger partial charge on any atom is 0.401 e. The number of anilines is 1. The second kappa shape index (κ2) is 10.9. The van der Waals surface area contributed by atoms with Gasteiger partial charge >= 0.3 is 6.18 Å². The van der Waals surface area contributed by atoms with Gasteiger partial charge in [0.2, 0.25) is 0 Å². The normalized spacial score (nSPS) is 19.7. The molecule has 2 aliphatic rings. The number of benzene rings is 1. The topological polar surface area (TPSA) is 34.1 Å². The van der Waals surface area contributed by atoms with Gasteiger partial charge in [-0.05, 0) is 43.5 Å². The maximum atomic E-state index is 12.8. The summed E-state index contributed by atoms with van der Waals surface area (Å²) < 4.78 is 38.3. The molecule has 1 unspecified atom stereocenters. The summed E-state index contributed by atoms with van der Waals surface area (Å²) >= 11 is 0. The summed E-state index contributed by atoms with van der Waals surface area (Å²) in [4.78, 5) is 10.8. The number of alkyl halides is 3. The molecule has 1 aromatic rings. The Bertz CT molecular complexity index is 737. The lowest BCUT2D eigenvalue weighted by atomic mass is 10.1. The zero-order valence-corrected chi connectivity index (χ0v) is 18.5. The molecule has 1 saturated heterocycles. The zero-order chi connectivity index (χ0) is 22.3. The van der Waals surface area contributed by atoms with Crippen molar-refractivity contribution in [3.8, 4) is 0 Å². The van der Waals surface area contributed by atoms with Crippen molar-refractivity contribution in [1.82, 2.24) is 15.1 Å². The largest absolute Gasteiger partial charge is 0.401 e. The lowest BCUT2D eigenvalue weighted by Crippen LogP contribution is -2.41. The lowest BCUT2D eigenvalue weighted by Gasteiger charge is -2.26. The standard InChI is InChI=1S/C23H34F3N5/c1-3-27-22(28-15-19-7-9-21(10-8-19)30-12-5-6-13-30)31-14-11-20(17-31)16-29(4-2)18-23(24,25)26/h5-10,20H,3-4,11-18H2,1-2H3,(H,27,28). The van der Waals surface area contributed by atoms with Crippen LogP contribution >= 0.6 is 0 Å². The van der Waals surface area contributed by atoms with Gasteiger partial charge in [0.25, 0.3) is 0 Å². The van der Waals surface area contributed by atoms with Crippen molar-refractivity contribution < 1.29 is 13.2 Å². The number of nitrogens with one attached hydrogen (secondary N) is 1. The van der Waals surface area contributed by atoms with Crippen LogP contribution in [0, 0.1) is 5.92 Å². The van der Waals surface area contributed by atoms with Gasteiger partial charge in [-0.1, -0.05) is 31.2 Å². The van der Waals surface area contributed by atoms with Crippen LogP contribution < -0.4 is 10.2 Å². The van der Waals surface area contributed by atoms with Crippen molar-refractivity contribution in [2.75, 3.05) is 57.3 Å². The minimum absolute atomic E-state index is 0.222. The number of nitrogens with zero attached hydrogens (tertiary/aromatic N) is 4. The van der Waals surface area contributed by atoms with E-state index in [1.807, 2.05) is 6.92 Å². The van der Waals surface area contributed by atoms with E-state index >= 15 is 0 Å². The fourth-order valence-electron chi connectivity index (χ4n) is 4.19. The molecule has 8 heteroatoms. The van der Waals surface area contributed by atoms with E-state index in [1.165, 1.54) is 10.6 Å². The van der Waals surface area contributed by atoms with E-state index in [-0.39, 0.29) is 5.92 Å². The molecule has 0 aliphatic carbocycles. The minimum atomic E-state index is -4.15. The van der Waals surface area contributed by atoms with Crippen molar-refractivity contribution in [1.29, 1.82) is 0 Å². The second-order valence-electron chi connectivity index (χ2n) is 8.26. The van der Waals surface area contributed by atoms with Crippen LogP contribution in [0.5, 0.6) is 0 Å². The summed E-state index contributed by atoms with van der Waals surface area (Å²) in [5.41, 5.74) is 2.36. The van der Waals surface area contributed by atoms with Crippen molar-refractivity contribution in [3.63, 3.8) is 0 Å². The molecule has 2 aliphatic heterocycles. The third-order valence-electron chi connectivity index (χ3n) is 5.82. The molecule has 1 N–H and O–H groups in total. The molecule has 31 heavy (non-hydrogen) atoms. The Hall–Kier alpha value is -2.22. The Labute approximate surface area is 183 Å². The average Bonchev–Trinajstić information content (AvgIpc) is 3.42. The van der Waals surface area contributed by atoms with E-state index in [9.17, 15) is 13.2 Å². The number of rotatable bonds is 8. The summed E-state index contributed by atoms with van der Waals surface area (Å²) in [6.07, 6.45) is 1.09. The van der Waals surface area contributed by atoms with Gasteiger partial charge in [0.05, 0.1) is 13.1 Å². The molecular weight excluding hydrogens is 403 g/mol. The number of likely N-dealkylation sites (tertiary alicyclic amines) is 1. The Morgan fingerprint density at radius 1 is 1.16 bits per heavy atom. The molecule has 2 heterocycles. The predicted octanol–water partition coefficient (Wildman–Crippen LogP) is 3.73. The Balaban J connectivity index is 1.55. The Morgan fingerprint density at radius 3 is 2.48 bits per heavy atom. The average molecular weight is 438 g/mol. The van der Waals surface area contributed by atoms with Gasteiger partial charge in [-0.3, -0.25) is 4.90 Å². The molecule has 1 atom stereocenters. The van der Waals surface area contributed by atoms with Crippen LogP contribution in [-0.4, -0.2) is 74.3 Å². The maximum absolute atomic E-state index is 12.8. The predicted molar refractivity (Wildman–Crippen MR) is 120 cm³/mol. The molecular formula is C23H34F3N5. The highest BCUT2D eigenvalue weighted by atomic mass is 19.4. The first-order chi connectivity index (χ1) is 14.9. The van der Waals surface area contributed by atoms with E-state index in [4.69, 9.17) is 4.99 Å². The first-order valence-corrected chi connectivity index (χ1v) is 11.2. The van der Waals surface area contributed by atoms with E-state index in [0.717, 1.165) is 50.7 Å². The fraction of sp³-hybridized carbons (Fsp3) is 0.609. The van der Waals surface area contributed by atoms with Crippen molar-refractivity contribution >= 4 is 11.6 Å². The number of hydrogen-bond donors (Lipinski definition) is 1. The highest BCUT2D eigenvalue weighted by Crippen LogP contribution is 2.22. The van der Waals surface area contributed by atoms with E-state index in [2.05, 4.69) is 51.5 Å². The van der Waals surface area contributed by atoms with Crippen molar-refractivity contribution in [2.24, 2.45) is 10.9 Å². The molecule has 0 bridgehead atoms. The molecule has 0 saturated carbocycles. The molecule has 0 spiro atoms.